The summed E-state index contributed by atoms with van der Waals surface area (Å²) < 4.78 is 0. The number of carbonyl (C=O) groups excluding carboxylic acids is 3. The van der Waals surface area contributed by atoms with Crippen LogP contribution in [0.2, 0.25) is 0 Å². The number of nitrogens with zero attached hydrogens (tertiary/aromatic N) is 2. The van der Waals surface area contributed by atoms with Crippen LogP contribution in [0.3, 0.4) is 0 Å². The fraction of sp³-hybridized carbons (Fsp3) is 0.372. The average Bonchev–Trinajstić information content (AvgIpc) is 3.16. The first-order chi connectivity index (χ1) is 24.3. The minimum Gasteiger partial charge on any atom is -0.373 e. The predicted molar refractivity (Wildman–Crippen MR) is 205 cm³/mol. The number of hydrogen-bond acceptors (Lipinski definition) is 4. The molecule has 0 aliphatic carbocycles. The molecule has 7 nitrogen and oxygen atoms in total. The van der Waals surface area contributed by atoms with E-state index in [-0.39, 0.29) is 17.7 Å². The summed E-state index contributed by atoms with van der Waals surface area (Å²) >= 11 is 0. The molecule has 1 fully saturated rings. The highest BCUT2D eigenvalue weighted by Gasteiger charge is 2.28. The minimum atomic E-state index is -0.541. The maximum Gasteiger partial charge on any atom is 0.321 e. The van der Waals surface area contributed by atoms with Gasteiger partial charge in [-0.15, -0.1) is 0 Å². The molecule has 4 aromatic carbocycles. The van der Waals surface area contributed by atoms with Gasteiger partial charge in [-0.25, -0.2) is 4.79 Å². The Morgan fingerprint density at radius 3 is 2.24 bits per heavy atom. The molecule has 1 aliphatic rings. The van der Waals surface area contributed by atoms with Crippen molar-refractivity contribution in [2.45, 2.75) is 71.3 Å². The third-order valence-corrected chi connectivity index (χ3v) is 9.75. The lowest BCUT2D eigenvalue weighted by Crippen LogP contribution is -2.47. The SMILES string of the molecule is CCCCCCCNC(=O)N(C)c1cccc(-c2ccc(CC(Nc3ccccc3C(=O)c3ccccc3)C(=O)N3CCC(C)CC3)cc2)c1. The molecule has 2 N–H and O–H groups in total. The first-order valence-corrected chi connectivity index (χ1v) is 18.3. The molecule has 0 saturated carbocycles. The summed E-state index contributed by atoms with van der Waals surface area (Å²) in [6.07, 6.45) is 8.23. The number of rotatable bonds is 15. The Morgan fingerprint density at radius 2 is 1.50 bits per heavy atom. The van der Waals surface area contributed by atoms with Gasteiger partial charge in [-0.2, -0.15) is 0 Å². The van der Waals surface area contributed by atoms with Crippen molar-refractivity contribution in [2.24, 2.45) is 5.92 Å². The van der Waals surface area contributed by atoms with Gasteiger partial charge in [0.2, 0.25) is 5.91 Å². The van der Waals surface area contributed by atoms with Crippen LogP contribution in [0, 0.1) is 5.92 Å². The normalized spacial score (nSPS) is 13.8. The lowest BCUT2D eigenvalue weighted by molar-refractivity contribution is -0.133. The van der Waals surface area contributed by atoms with Gasteiger partial charge in [-0.05, 0) is 66.1 Å². The number of nitrogens with one attached hydrogen (secondary N) is 2. The first-order valence-electron chi connectivity index (χ1n) is 18.3. The summed E-state index contributed by atoms with van der Waals surface area (Å²) in [7, 11) is 1.80. The number of unbranched alkanes of at least 4 members (excludes halogenated alkanes) is 4. The lowest BCUT2D eigenvalue weighted by atomic mass is 9.96. The number of piperidine rings is 1. The van der Waals surface area contributed by atoms with Gasteiger partial charge in [0.05, 0.1) is 0 Å². The quantitative estimate of drug-likeness (QED) is 0.0976. The van der Waals surface area contributed by atoms with Crippen LogP contribution in [0.25, 0.3) is 11.1 Å². The van der Waals surface area contributed by atoms with Crippen LogP contribution in [0.1, 0.15) is 80.3 Å². The van der Waals surface area contributed by atoms with Crippen LogP contribution in [-0.4, -0.2) is 55.3 Å². The lowest BCUT2D eigenvalue weighted by Gasteiger charge is -2.34. The Hall–Kier alpha value is -4.91. The highest BCUT2D eigenvalue weighted by atomic mass is 16.2. The van der Waals surface area contributed by atoms with Gasteiger partial charge in [0.15, 0.2) is 5.78 Å². The van der Waals surface area contributed by atoms with E-state index >= 15 is 0 Å². The summed E-state index contributed by atoms with van der Waals surface area (Å²) in [6.45, 7) is 6.60. The van der Waals surface area contributed by atoms with Crippen molar-refractivity contribution < 1.29 is 14.4 Å². The van der Waals surface area contributed by atoms with Gasteiger partial charge in [0.1, 0.15) is 6.04 Å². The van der Waals surface area contributed by atoms with E-state index in [4.69, 9.17) is 0 Å². The predicted octanol–water partition coefficient (Wildman–Crippen LogP) is 8.98. The Balaban J connectivity index is 1.30. The highest BCUT2D eigenvalue weighted by molar-refractivity contribution is 6.12. The summed E-state index contributed by atoms with van der Waals surface area (Å²) in [5, 5.41) is 6.55. The summed E-state index contributed by atoms with van der Waals surface area (Å²) in [5.41, 5.74) is 5.69. The number of urea groups is 1. The Bertz CT molecular complexity index is 1700. The van der Waals surface area contributed by atoms with Gasteiger partial charge in [-0.1, -0.05) is 118 Å². The molecular formula is C43H52N4O3. The van der Waals surface area contributed by atoms with Crippen molar-refractivity contribution in [2.75, 3.05) is 36.9 Å². The van der Waals surface area contributed by atoms with E-state index in [1.54, 1.807) is 11.9 Å². The number of hydrogen-bond donors (Lipinski definition) is 2. The smallest absolute Gasteiger partial charge is 0.321 e. The average molecular weight is 673 g/mol. The van der Waals surface area contributed by atoms with E-state index in [0.29, 0.717) is 35.7 Å². The molecule has 1 saturated heterocycles. The van der Waals surface area contributed by atoms with Crippen LogP contribution in [0.5, 0.6) is 0 Å². The van der Waals surface area contributed by atoms with E-state index in [1.807, 2.05) is 83.8 Å². The Kier molecular flexibility index (Phi) is 13.2. The molecule has 1 heterocycles. The zero-order valence-electron chi connectivity index (χ0n) is 29.9. The van der Waals surface area contributed by atoms with Crippen LogP contribution >= 0.6 is 0 Å². The zero-order valence-corrected chi connectivity index (χ0v) is 29.9. The molecule has 0 spiro atoms. The molecule has 0 aromatic heterocycles. The highest BCUT2D eigenvalue weighted by Crippen LogP contribution is 2.27. The standard InChI is InChI=1S/C43H52N4O3/c1-4-5-6-7-13-27-44-43(50)46(3)37-18-14-17-36(31-37)34-23-21-33(22-24-34)30-40(42(49)47-28-25-32(2)26-29-47)45-39-20-12-11-19-38(39)41(48)35-15-9-8-10-16-35/h8-12,14-24,31-32,40,45H,4-7,13,25-30H2,1-3H3,(H,44,50). The molecule has 3 amide bonds. The van der Waals surface area contributed by atoms with Gasteiger partial charge in [0.25, 0.3) is 0 Å². The van der Waals surface area contributed by atoms with Crippen molar-refractivity contribution in [3.63, 3.8) is 0 Å². The van der Waals surface area contributed by atoms with Crippen molar-refractivity contribution in [3.8, 4) is 11.1 Å². The number of para-hydroxylation sites is 1. The van der Waals surface area contributed by atoms with E-state index in [1.165, 1.54) is 19.3 Å². The second-order valence-electron chi connectivity index (χ2n) is 13.6. The van der Waals surface area contributed by atoms with Gasteiger partial charge in [-0.3, -0.25) is 14.5 Å². The van der Waals surface area contributed by atoms with Crippen LogP contribution in [0.15, 0.2) is 103 Å². The summed E-state index contributed by atoms with van der Waals surface area (Å²) in [6, 6.07) is 32.3. The van der Waals surface area contributed by atoms with E-state index < -0.39 is 6.04 Å². The van der Waals surface area contributed by atoms with Crippen LogP contribution in [0.4, 0.5) is 16.2 Å². The van der Waals surface area contributed by atoms with Crippen LogP contribution in [-0.2, 0) is 11.2 Å². The first kappa shape index (κ1) is 36.4. The molecule has 1 atom stereocenters. The van der Waals surface area contributed by atoms with Crippen molar-refractivity contribution >= 4 is 29.1 Å². The number of benzene rings is 4. The molecule has 0 bridgehead atoms. The molecule has 0 radical (unpaired) electrons. The monoisotopic (exact) mass is 672 g/mol. The molecular weight excluding hydrogens is 620 g/mol. The topological polar surface area (TPSA) is 81.8 Å². The molecule has 5 rings (SSSR count). The second kappa shape index (κ2) is 18.2. The number of ketones is 1. The second-order valence-corrected chi connectivity index (χ2v) is 13.6. The third kappa shape index (κ3) is 9.84. The third-order valence-electron chi connectivity index (χ3n) is 9.75. The van der Waals surface area contributed by atoms with Gasteiger partial charge < -0.3 is 15.5 Å². The Labute approximate surface area is 298 Å². The van der Waals surface area contributed by atoms with Gasteiger partial charge >= 0.3 is 6.03 Å². The van der Waals surface area contributed by atoms with Crippen molar-refractivity contribution in [1.82, 2.24) is 10.2 Å². The van der Waals surface area contributed by atoms with Crippen molar-refractivity contribution in [3.05, 3.63) is 120 Å². The fourth-order valence-corrected chi connectivity index (χ4v) is 6.51. The largest absolute Gasteiger partial charge is 0.373 e. The minimum absolute atomic E-state index is 0.0536. The number of amides is 3. The van der Waals surface area contributed by atoms with E-state index in [9.17, 15) is 14.4 Å². The van der Waals surface area contributed by atoms with Crippen LogP contribution < -0.4 is 15.5 Å². The van der Waals surface area contributed by atoms with E-state index in [0.717, 1.165) is 61.2 Å². The summed E-state index contributed by atoms with van der Waals surface area (Å²) in [4.78, 5) is 44.1. The summed E-state index contributed by atoms with van der Waals surface area (Å²) in [5.74, 6) is 0.581. The maximum absolute atomic E-state index is 14.1. The number of anilines is 2. The molecule has 4 aromatic rings. The fourth-order valence-electron chi connectivity index (χ4n) is 6.51. The number of carbonyl (C=O) groups is 3. The maximum atomic E-state index is 14.1. The number of likely N-dealkylation sites (tertiary alicyclic amines) is 1. The van der Waals surface area contributed by atoms with Gasteiger partial charge in [0, 0.05) is 55.6 Å². The zero-order chi connectivity index (χ0) is 35.3. The molecule has 50 heavy (non-hydrogen) atoms. The Morgan fingerprint density at radius 1 is 0.800 bits per heavy atom. The molecule has 7 heteroatoms. The van der Waals surface area contributed by atoms with Crippen molar-refractivity contribution in [1.29, 1.82) is 0 Å². The molecule has 1 aliphatic heterocycles. The van der Waals surface area contributed by atoms with E-state index in [2.05, 4.69) is 48.7 Å². The molecule has 262 valence electrons. The molecule has 1 unspecified atom stereocenters.